The van der Waals surface area contributed by atoms with E-state index in [0.29, 0.717) is 5.92 Å². The molecule has 1 unspecified atom stereocenters. The summed E-state index contributed by atoms with van der Waals surface area (Å²) in [6.07, 6.45) is 2.44. The molecule has 2 saturated heterocycles. The molecular formula is C12H19N3S. The molecule has 1 aromatic rings. The second kappa shape index (κ2) is 4.43. The Kier molecular flexibility index (Phi) is 2.96. The van der Waals surface area contributed by atoms with Crippen molar-refractivity contribution in [3.05, 3.63) is 15.6 Å². The molecule has 0 aliphatic carbocycles. The minimum Gasteiger partial charge on any atom is -0.316 e. The molecule has 0 saturated carbocycles. The average molecular weight is 237 g/mol. The van der Waals surface area contributed by atoms with Crippen LogP contribution in [-0.2, 0) is 6.42 Å². The third kappa shape index (κ3) is 2.01. The predicted molar refractivity (Wildman–Crippen MR) is 67.1 cm³/mol. The van der Waals surface area contributed by atoms with E-state index >= 15 is 0 Å². The standard InChI is InChI=1S/C12H19N3S/c1-8-12(10-2-3-13-7-10)15-11(16-8)4-9-5-14-6-9/h9-10,13-14H,2-7H2,1H3. The summed E-state index contributed by atoms with van der Waals surface area (Å²) in [5.41, 5.74) is 1.37. The normalized spacial score (nSPS) is 25.9. The lowest BCUT2D eigenvalue weighted by Crippen LogP contribution is -2.43. The van der Waals surface area contributed by atoms with Crippen molar-refractivity contribution in [2.24, 2.45) is 5.92 Å². The molecule has 2 aliphatic rings. The molecule has 3 heterocycles. The van der Waals surface area contributed by atoms with Crippen LogP contribution in [0.25, 0.3) is 0 Å². The summed E-state index contributed by atoms with van der Waals surface area (Å²) in [4.78, 5) is 6.31. The smallest absolute Gasteiger partial charge is 0.0934 e. The van der Waals surface area contributed by atoms with Crippen LogP contribution >= 0.6 is 11.3 Å². The number of hydrogen-bond acceptors (Lipinski definition) is 4. The maximum absolute atomic E-state index is 4.86. The number of aromatic nitrogens is 1. The maximum Gasteiger partial charge on any atom is 0.0934 e. The van der Waals surface area contributed by atoms with Crippen LogP contribution in [0, 0.1) is 12.8 Å². The van der Waals surface area contributed by atoms with Crippen molar-refractivity contribution in [3.8, 4) is 0 Å². The van der Waals surface area contributed by atoms with Crippen molar-refractivity contribution in [2.45, 2.75) is 25.7 Å². The fourth-order valence-corrected chi connectivity index (χ4v) is 3.69. The van der Waals surface area contributed by atoms with Crippen LogP contribution in [0.1, 0.15) is 27.9 Å². The van der Waals surface area contributed by atoms with Gasteiger partial charge in [0.15, 0.2) is 0 Å². The van der Waals surface area contributed by atoms with Gasteiger partial charge in [-0.15, -0.1) is 11.3 Å². The van der Waals surface area contributed by atoms with Crippen LogP contribution in [0.4, 0.5) is 0 Å². The summed E-state index contributed by atoms with van der Waals surface area (Å²) < 4.78 is 0. The molecule has 0 spiro atoms. The Morgan fingerprint density at radius 1 is 1.31 bits per heavy atom. The Hall–Kier alpha value is -0.450. The lowest BCUT2D eigenvalue weighted by Gasteiger charge is -2.25. The van der Waals surface area contributed by atoms with Crippen LogP contribution in [0.3, 0.4) is 0 Å². The summed E-state index contributed by atoms with van der Waals surface area (Å²) in [5.74, 6) is 1.50. The molecule has 0 bridgehead atoms. The first kappa shape index (κ1) is 10.7. The molecule has 4 heteroatoms. The lowest BCUT2D eigenvalue weighted by molar-refractivity contribution is 0.346. The van der Waals surface area contributed by atoms with Gasteiger partial charge in [-0.1, -0.05) is 0 Å². The molecule has 1 atom stereocenters. The van der Waals surface area contributed by atoms with Crippen molar-refractivity contribution < 1.29 is 0 Å². The lowest BCUT2D eigenvalue weighted by atomic mass is 10.00. The van der Waals surface area contributed by atoms with Crippen molar-refractivity contribution in [2.75, 3.05) is 26.2 Å². The summed E-state index contributed by atoms with van der Waals surface area (Å²) in [6, 6.07) is 0. The van der Waals surface area contributed by atoms with E-state index < -0.39 is 0 Å². The summed E-state index contributed by atoms with van der Waals surface area (Å²) in [5, 5.41) is 8.10. The highest BCUT2D eigenvalue weighted by atomic mass is 32.1. The van der Waals surface area contributed by atoms with E-state index in [4.69, 9.17) is 4.98 Å². The van der Waals surface area contributed by atoms with Gasteiger partial charge in [-0.3, -0.25) is 0 Å². The Balaban J connectivity index is 1.72. The van der Waals surface area contributed by atoms with Gasteiger partial charge in [0, 0.05) is 23.8 Å². The molecule has 16 heavy (non-hydrogen) atoms. The first-order valence-electron chi connectivity index (χ1n) is 6.20. The van der Waals surface area contributed by atoms with Crippen molar-refractivity contribution in [1.82, 2.24) is 15.6 Å². The Morgan fingerprint density at radius 2 is 2.19 bits per heavy atom. The summed E-state index contributed by atoms with van der Waals surface area (Å²) >= 11 is 1.91. The first-order chi connectivity index (χ1) is 7.83. The van der Waals surface area contributed by atoms with Gasteiger partial charge < -0.3 is 10.6 Å². The van der Waals surface area contributed by atoms with E-state index in [1.54, 1.807) is 0 Å². The molecule has 0 amide bonds. The van der Waals surface area contributed by atoms with E-state index in [0.717, 1.165) is 19.0 Å². The predicted octanol–water partition coefficient (Wildman–Crippen LogP) is 1.29. The number of thiazole rings is 1. The molecule has 2 N–H and O–H groups in total. The Morgan fingerprint density at radius 3 is 2.81 bits per heavy atom. The van der Waals surface area contributed by atoms with E-state index in [2.05, 4.69) is 17.6 Å². The second-order valence-corrected chi connectivity index (χ2v) is 6.25. The van der Waals surface area contributed by atoms with Gasteiger partial charge in [-0.2, -0.15) is 0 Å². The number of aryl methyl sites for hydroxylation is 1. The van der Waals surface area contributed by atoms with Crippen molar-refractivity contribution in [1.29, 1.82) is 0 Å². The Labute approximate surface area is 101 Å². The second-order valence-electron chi connectivity index (χ2n) is 4.97. The zero-order valence-corrected chi connectivity index (χ0v) is 10.6. The van der Waals surface area contributed by atoms with Gasteiger partial charge >= 0.3 is 0 Å². The van der Waals surface area contributed by atoms with Crippen LogP contribution in [-0.4, -0.2) is 31.2 Å². The van der Waals surface area contributed by atoms with E-state index in [1.165, 1.54) is 41.5 Å². The molecule has 3 rings (SSSR count). The summed E-state index contributed by atoms with van der Waals surface area (Å²) in [7, 11) is 0. The summed E-state index contributed by atoms with van der Waals surface area (Å²) in [6.45, 7) is 6.87. The molecule has 1 aromatic heterocycles. The molecular weight excluding hydrogens is 218 g/mol. The first-order valence-corrected chi connectivity index (χ1v) is 7.02. The van der Waals surface area contributed by atoms with Crippen molar-refractivity contribution in [3.63, 3.8) is 0 Å². The van der Waals surface area contributed by atoms with Crippen LogP contribution in [0.5, 0.6) is 0 Å². The van der Waals surface area contributed by atoms with Crippen LogP contribution in [0.15, 0.2) is 0 Å². The maximum atomic E-state index is 4.86. The third-order valence-corrected chi connectivity index (χ3v) is 4.66. The average Bonchev–Trinajstić information content (AvgIpc) is 2.80. The van der Waals surface area contributed by atoms with Gasteiger partial charge in [-0.05, 0) is 38.9 Å². The highest BCUT2D eigenvalue weighted by Gasteiger charge is 2.24. The fraction of sp³-hybridized carbons (Fsp3) is 0.750. The zero-order chi connectivity index (χ0) is 11.0. The molecule has 88 valence electrons. The van der Waals surface area contributed by atoms with E-state index in [9.17, 15) is 0 Å². The van der Waals surface area contributed by atoms with Crippen LogP contribution in [0.2, 0.25) is 0 Å². The van der Waals surface area contributed by atoms with Gasteiger partial charge in [0.05, 0.1) is 10.7 Å². The minimum absolute atomic E-state index is 0.671. The monoisotopic (exact) mass is 237 g/mol. The Bertz CT molecular complexity index is 364. The highest BCUT2D eigenvalue weighted by molar-refractivity contribution is 7.11. The topological polar surface area (TPSA) is 37.0 Å². The largest absolute Gasteiger partial charge is 0.316 e. The molecule has 0 radical (unpaired) electrons. The molecule has 2 aliphatic heterocycles. The minimum atomic E-state index is 0.671. The van der Waals surface area contributed by atoms with Crippen LogP contribution < -0.4 is 10.6 Å². The van der Waals surface area contributed by atoms with Gasteiger partial charge in [0.2, 0.25) is 0 Å². The molecule has 0 aromatic carbocycles. The van der Waals surface area contributed by atoms with Gasteiger partial charge in [0.25, 0.3) is 0 Å². The third-order valence-electron chi connectivity index (χ3n) is 3.65. The van der Waals surface area contributed by atoms with Gasteiger partial charge in [-0.25, -0.2) is 4.98 Å². The van der Waals surface area contributed by atoms with E-state index in [1.807, 2.05) is 11.3 Å². The number of rotatable bonds is 3. The number of nitrogens with one attached hydrogen (secondary N) is 2. The molecule has 3 nitrogen and oxygen atoms in total. The highest BCUT2D eigenvalue weighted by Crippen LogP contribution is 2.29. The number of nitrogens with zero attached hydrogens (tertiary/aromatic N) is 1. The number of hydrogen-bond donors (Lipinski definition) is 2. The van der Waals surface area contributed by atoms with Crippen molar-refractivity contribution >= 4 is 11.3 Å². The van der Waals surface area contributed by atoms with E-state index in [-0.39, 0.29) is 0 Å². The molecule has 2 fully saturated rings. The van der Waals surface area contributed by atoms with Gasteiger partial charge in [0.1, 0.15) is 0 Å². The SMILES string of the molecule is Cc1sc(CC2CNC2)nc1C1CCNC1. The fourth-order valence-electron chi connectivity index (χ4n) is 2.56. The zero-order valence-electron chi connectivity index (χ0n) is 9.75. The quantitative estimate of drug-likeness (QED) is 0.832.